The van der Waals surface area contributed by atoms with Gasteiger partial charge in [0.15, 0.2) is 0 Å². The molecule has 12 aromatic rings. The number of pyridine rings is 2. The molecular weight excluding hydrogens is 749 g/mol. The van der Waals surface area contributed by atoms with Crippen LogP contribution in [0.2, 0.25) is 0 Å². The van der Waals surface area contributed by atoms with Crippen molar-refractivity contribution in [3.63, 3.8) is 0 Å². The van der Waals surface area contributed by atoms with Gasteiger partial charge in [-0.1, -0.05) is 212 Å². The standard InChI is InChI=1S/C60H38N2/c1-4-14-40(15-5-1)55-36-31-44-28-29-45-32-37-56(62-60(45)59(44)61-55)41-26-24-39(25-27-41)47-34-35-48(50-21-11-10-20-49(47)50)46-30-33-53-54(38-46)58(43-18-8-3-9-19-43)52-23-13-12-22-51(52)57(53)42-16-6-2-7-17-42/h1-38H. The first-order chi connectivity index (χ1) is 30.7. The quantitative estimate of drug-likeness (QED) is 0.124. The van der Waals surface area contributed by atoms with Gasteiger partial charge in [0.05, 0.1) is 22.4 Å². The van der Waals surface area contributed by atoms with Crippen LogP contribution >= 0.6 is 0 Å². The Bertz CT molecular complexity index is 3650. The first-order valence-electron chi connectivity index (χ1n) is 21.2. The van der Waals surface area contributed by atoms with E-state index in [4.69, 9.17) is 9.97 Å². The first-order valence-corrected chi connectivity index (χ1v) is 21.2. The predicted molar refractivity (Wildman–Crippen MR) is 262 cm³/mol. The normalized spacial score (nSPS) is 11.5. The molecule has 0 N–H and O–H groups in total. The molecule has 0 saturated carbocycles. The SMILES string of the molecule is c1ccc(-c2ccc3ccc4ccc(-c5ccc(-c6ccc(-c7ccc8c(-c9ccccc9)c9ccccc9c(-c9ccccc9)c8c7)c7ccccc67)cc5)nc4c3n2)cc1. The fourth-order valence-electron chi connectivity index (χ4n) is 9.50. The maximum absolute atomic E-state index is 5.23. The van der Waals surface area contributed by atoms with Crippen molar-refractivity contribution in [1.82, 2.24) is 9.97 Å². The van der Waals surface area contributed by atoms with Gasteiger partial charge in [-0.05, 0) is 95.0 Å². The third-order valence-corrected chi connectivity index (χ3v) is 12.5. The van der Waals surface area contributed by atoms with Crippen molar-refractivity contribution in [1.29, 1.82) is 0 Å². The number of aromatic nitrogens is 2. The van der Waals surface area contributed by atoms with Crippen LogP contribution in [0.15, 0.2) is 231 Å². The summed E-state index contributed by atoms with van der Waals surface area (Å²) in [4.78, 5) is 10.3. The van der Waals surface area contributed by atoms with Gasteiger partial charge >= 0.3 is 0 Å². The van der Waals surface area contributed by atoms with Crippen LogP contribution in [-0.2, 0) is 0 Å². The zero-order valence-corrected chi connectivity index (χ0v) is 33.8. The molecule has 0 amide bonds. The van der Waals surface area contributed by atoms with Gasteiger partial charge in [0.2, 0.25) is 0 Å². The van der Waals surface area contributed by atoms with E-state index in [0.717, 1.165) is 44.3 Å². The lowest BCUT2D eigenvalue weighted by atomic mass is 9.84. The molecule has 0 aliphatic rings. The van der Waals surface area contributed by atoms with Crippen molar-refractivity contribution >= 4 is 54.1 Å². The molecule has 0 spiro atoms. The maximum atomic E-state index is 5.23. The Labute approximate surface area is 360 Å². The highest BCUT2D eigenvalue weighted by Crippen LogP contribution is 2.46. The fraction of sp³-hybridized carbons (Fsp3) is 0. The molecule has 0 unspecified atom stereocenters. The number of hydrogen-bond acceptors (Lipinski definition) is 2. The molecule has 2 heterocycles. The molecule has 62 heavy (non-hydrogen) atoms. The minimum atomic E-state index is 0.914. The largest absolute Gasteiger partial charge is 0.245 e. The zero-order chi connectivity index (χ0) is 41.0. The van der Waals surface area contributed by atoms with E-state index < -0.39 is 0 Å². The molecule has 0 radical (unpaired) electrons. The number of nitrogens with zero attached hydrogens (tertiary/aromatic N) is 2. The molecule has 2 heteroatoms. The molecule has 0 bridgehead atoms. The number of benzene rings is 10. The minimum Gasteiger partial charge on any atom is -0.245 e. The lowest BCUT2D eigenvalue weighted by Crippen LogP contribution is -1.92. The third-order valence-electron chi connectivity index (χ3n) is 12.5. The van der Waals surface area contributed by atoms with E-state index in [0.29, 0.717) is 0 Å². The average molecular weight is 787 g/mol. The maximum Gasteiger partial charge on any atom is 0.0972 e. The predicted octanol–water partition coefficient (Wildman–Crippen LogP) is 16.2. The van der Waals surface area contributed by atoms with Gasteiger partial charge in [-0.2, -0.15) is 0 Å². The van der Waals surface area contributed by atoms with Crippen molar-refractivity contribution in [2.45, 2.75) is 0 Å². The van der Waals surface area contributed by atoms with Crippen molar-refractivity contribution in [2.24, 2.45) is 0 Å². The topological polar surface area (TPSA) is 25.8 Å². The smallest absolute Gasteiger partial charge is 0.0972 e. The van der Waals surface area contributed by atoms with Crippen LogP contribution in [0.3, 0.4) is 0 Å². The third kappa shape index (κ3) is 6.04. The lowest BCUT2D eigenvalue weighted by Gasteiger charge is -2.19. The second-order valence-electron chi connectivity index (χ2n) is 16.0. The summed E-state index contributed by atoms with van der Waals surface area (Å²) < 4.78 is 0. The van der Waals surface area contributed by atoms with Gasteiger partial charge in [0.25, 0.3) is 0 Å². The Morgan fingerprint density at radius 2 is 0.597 bits per heavy atom. The lowest BCUT2D eigenvalue weighted by molar-refractivity contribution is 1.36. The summed E-state index contributed by atoms with van der Waals surface area (Å²) in [6.45, 7) is 0. The van der Waals surface area contributed by atoms with Gasteiger partial charge in [0, 0.05) is 21.9 Å². The van der Waals surface area contributed by atoms with Crippen LogP contribution in [0.5, 0.6) is 0 Å². The van der Waals surface area contributed by atoms with Crippen LogP contribution in [0.1, 0.15) is 0 Å². The van der Waals surface area contributed by atoms with E-state index in [-0.39, 0.29) is 0 Å². The van der Waals surface area contributed by atoms with Crippen LogP contribution in [0.4, 0.5) is 0 Å². The van der Waals surface area contributed by atoms with Crippen molar-refractivity contribution in [3.8, 4) is 67.0 Å². The summed E-state index contributed by atoms with van der Waals surface area (Å²) >= 11 is 0. The van der Waals surface area contributed by atoms with Crippen molar-refractivity contribution < 1.29 is 0 Å². The van der Waals surface area contributed by atoms with E-state index >= 15 is 0 Å². The molecule has 12 rings (SSSR count). The first kappa shape index (κ1) is 35.7. The Morgan fingerprint density at radius 3 is 1.13 bits per heavy atom. The molecule has 288 valence electrons. The van der Waals surface area contributed by atoms with Gasteiger partial charge in [-0.15, -0.1) is 0 Å². The number of rotatable bonds is 6. The summed E-state index contributed by atoms with van der Waals surface area (Å²) in [6, 6.07) is 83.1. The van der Waals surface area contributed by atoms with Gasteiger partial charge in [-0.3, -0.25) is 0 Å². The molecule has 0 aliphatic heterocycles. The molecule has 0 atom stereocenters. The molecular formula is C60H38N2. The number of fused-ring (bicyclic) bond motifs is 6. The summed E-state index contributed by atoms with van der Waals surface area (Å²) in [5, 5.41) is 9.63. The summed E-state index contributed by atoms with van der Waals surface area (Å²) in [5.41, 5.74) is 15.6. The molecule has 0 saturated heterocycles. The Balaban J connectivity index is 0.961. The minimum absolute atomic E-state index is 0.914. The highest BCUT2D eigenvalue weighted by Gasteiger charge is 2.19. The molecule has 2 aromatic heterocycles. The highest BCUT2D eigenvalue weighted by atomic mass is 14.8. The van der Waals surface area contributed by atoms with E-state index in [1.165, 1.54) is 76.8 Å². The van der Waals surface area contributed by atoms with Gasteiger partial charge in [-0.25, -0.2) is 9.97 Å². The number of hydrogen-bond donors (Lipinski definition) is 0. The Morgan fingerprint density at radius 1 is 0.226 bits per heavy atom. The molecule has 2 nitrogen and oxygen atoms in total. The zero-order valence-electron chi connectivity index (χ0n) is 33.8. The second kappa shape index (κ2) is 14.8. The van der Waals surface area contributed by atoms with E-state index in [9.17, 15) is 0 Å². The molecule has 0 aliphatic carbocycles. The monoisotopic (exact) mass is 786 g/mol. The Hall–Kier alpha value is -8.20. The summed E-state index contributed by atoms with van der Waals surface area (Å²) in [5.74, 6) is 0. The van der Waals surface area contributed by atoms with E-state index in [2.05, 4.69) is 224 Å². The van der Waals surface area contributed by atoms with Crippen LogP contribution < -0.4 is 0 Å². The van der Waals surface area contributed by atoms with E-state index in [1.807, 2.05) is 6.07 Å². The Kier molecular flexibility index (Phi) is 8.53. The highest BCUT2D eigenvalue weighted by molar-refractivity contribution is 6.22. The van der Waals surface area contributed by atoms with E-state index in [1.54, 1.807) is 0 Å². The average Bonchev–Trinajstić information content (AvgIpc) is 3.35. The second-order valence-corrected chi connectivity index (χ2v) is 16.0. The van der Waals surface area contributed by atoms with Crippen LogP contribution in [-0.4, -0.2) is 9.97 Å². The van der Waals surface area contributed by atoms with Crippen molar-refractivity contribution in [2.75, 3.05) is 0 Å². The summed E-state index contributed by atoms with van der Waals surface area (Å²) in [7, 11) is 0. The van der Waals surface area contributed by atoms with Crippen molar-refractivity contribution in [3.05, 3.63) is 231 Å². The van der Waals surface area contributed by atoms with Gasteiger partial charge < -0.3 is 0 Å². The molecule has 0 fully saturated rings. The van der Waals surface area contributed by atoms with Crippen LogP contribution in [0, 0.1) is 0 Å². The van der Waals surface area contributed by atoms with Crippen LogP contribution in [0.25, 0.3) is 121 Å². The summed E-state index contributed by atoms with van der Waals surface area (Å²) in [6.07, 6.45) is 0. The fourth-order valence-corrected chi connectivity index (χ4v) is 9.50. The molecule has 10 aromatic carbocycles. The van der Waals surface area contributed by atoms with Gasteiger partial charge in [0.1, 0.15) is 0 Å².